The van der Waals surface area contributed by atoms with E-state index in [1.165, 1.54) is 0 Å². The standard InChI is InChI=1S/C12H19N3O2S/c1-8-7-18-10(14-8)9(2)15-11(16)12(13)3-5-17-6-4-12/h7,9H,3-6,13H2,1-2H3,(H,15,16). The van der Waals surface area contributed by atoms with E-state index in [1.807, 2.05) is 19.2 Å². The van der Waals surface area contributed by atoms with Gasteiger partial charge >= 0.3 is 0 Å². The molecule has 3 N–H and O–H groups in total. The lowest BCUT2D eigenvalue weighted by atomic mass is 9.90. The molecule has 100 valence electrons. The van der Waals surface area contributed by atoms with Crippen LogP contribution in [-0.4, -0.2) is 29.6 Å². The summed E-state index contributed by atoms with van der Waals surface area (Å²) in [6.45, 7) is 4.97. The molecule has 1 aromatic heterocycles. The van der Waals surface area contributed by atoms with Crippen molar-refractivity contribution in [3.8, 4) is 0 Å². The number of thiazole rings is 1. The number of hydrogen-bond acceptors (Lipinski definition) is 5. The Morgan fingerprint density at radius 2 is 2.28 bits per heavy atom. The van der Waals surface area contributed by atoms with E-state index in [9.17, 15) is 4.79 Å². The fraction of sp³-hybridized carbons (Fsp3) is 0.667. The second-order valence-electron chi connectivity index (χ2n) is 4.79. The monoisotopic (exact) mass is 269 g/mol. The highest BCUT2D eigenvalue weighted by molar-refractivity contribution is 7.09. The largest absolute Gasteiger partial charge is 0.381 e. The summed E-state index contributed by atoms with van der Waals surface area (Å²) in [5.41, 5.74) is 6.31. The highest BCUT2D eigenvalue weighted by atomic mass is 32.1. The predicted octanol–water partition coefficient (Wildman–Crippen LogP) is 1.14. The summed E-state index contributed by atoms with van der Waals surface area (Å²) in [4.78, 5) is 16.6. The molecule has 2 rings (SSSR count). The van der Waals surface area contributed by atoms with Gasteiger partial charge in [-0.1, -0.05) is 0 Å². The summed E-state index contributed by atoms with van der Waals surface area (Å²) in [5.74, 6) is -0.105. The van der Waals surface area contributed by atoms with Gasteiger partial charge in [-0.05, 0) is 26.7 Å². The molecule has 0 spiro atoms. The van der Waals surface area contributed by atoms with Crippen molar-refractivity contribution in [2.75, 3.05) is 13.2 Å². The molecule has 0 radical (unpaired) electrons. The van der Waals surface area contributed by atoms with Gasteiger partial charge in [0.2, 0.25) is 5.91 Å². The molecule has 1 aromatic rings. The summed E-state index contributed by atoms with van der Waals surface area (Å²) in [7, 11) is 0. The van der Waals surface area contributed by atoms with E-state index in [1.54, 1.807) is 11.3 Å². The number of aryl methyl sites for hydroxylation is 1. The average Bonchev–Trinajstić information content (AvgIpc) is 2.77. The Balaban J connectivity index is 1.98. The Hall–Kier alpha value is -0.980. The van der Waals surface area contributed by atoms with Gasteiger partial charge in [0, 0.05) is 24.3 Å². The molecule has 6 heteroatoms. The number of nitrogens with zero attached hydrogens (tertiary/aromatic N) is 1. The van der Waals surface area contributed by atoms with E-state index in [0.717, 1.165) is 10.7 Å². The lowest BCUT2D eigenvalue weighted by Crippen LogP contribution is -2.57. The zero-order valence-electron chi connectivity index (χ0n) is 10.7. The number of carbonyl (C=O) groups excluding carboxylic acids is 1. The summed E-state index contributed by atoms with van der Waals surface area (Å²) >= 11 is 1.55. The number of carbonyl (C=O) groups is 1. The minimum absolute atomic E-state index is 0.0977. The average molecular weight is 269 g/mol. The van der Waals surface area contributed by atoms with Crippen LogP contribution in [0.1, 0.15) is 36.5 Å². The van der Waals surface area contributed by atoms with Crippen molar-refractivity contribution in [2.45, 2.75) is 38.3 Å². The topological polar surface area (TPSA) is 77.2 Å². The number of rotatable bonds is 3. The molecule has 2 heterocycles. The predicted molar refractivity (Wildman–Crippen MR) is 70.4 cm³/mol. The molecule has 1 unspecified atom stereocenters. The third-order valence-electron chi connectivity index (χ3n) is 3.19. The number of hydrogen-bond donors (Lipinski definition) is 2. The first-order valence-electron chi connectivity index (χ1n) is 6.11. The van der Waals surface area contributed by atoms with Crippen molar-refractivity contribution >= 4 is 17.2 Å². The lowest BCUT2D eigenvalue weighted by molar-refractivity contribution is -0.130. The fourth-order valence-corrected chi connectivity index (χ4v) is 2.74. The van der Waals surface area contributed by atoms with Gasteiger partial charge in [-0.2, -0.15) is 0 Å². The summed E-state index contributed by atoms with van der Waals surface area (Å²) in [6, 6.07) is -0.0977. The Bertz CT molecular complexity index is 427. The smallest absolute Gasteiger partial charge is 0.240 e. The van der Waals surface area contributed by atoms with E-state index in [2.05, 4.69) is 10.3 Å². The van der Waals surface area contributed by atoms with Crippen molar-refractivity contribution in [1.82, 2.24) is 10.3 Å². The molecular formula is C12H19N3O2S. The molecule has 18 heavy (non-hydrogen) atoms. The van der Waals surface area contributed by atoms with Crippen LogP contribution >= 0.6 is 11.3 Å². The number of amides is 1. The maximum atomic E-state index is 12.2. The van der Waals surface area contributed by atoms with Crippen molar-refractivity contribution < 1.29 is 9.53 Å². The molecule has 1 amide bonds. The highest BCUT2D eigenvalue weighted by Crippen LogP contribution is 2.21. The van der Waals surface area contributed by atoms with Crippen molar-refractivity contribution in [3.05, 3.63) is 16.1 Å². The maximum Gasteiger partial charge on any atom is 0.240 e. The van der Waals surface area contributed by atoms with Crippen LogP contribution in [0.3, 0.4) is 0 Å². The SMILES string of the molecule is Cc1csc(C(C)NC(=O)C2(N)CCOCC2)n1. The molecule has 0 bridgehead atoms. The second-order valence-corrected chi connectivity index (χ2v) is 5.68. The Labute approximate surface area is 111 Å². The van der Waals surface area contributed by atoms with Crippen molar-refractivity contribution in [2.24, 2.45) is 5.73 Å². The number of aromatic nitrogens is 1. The van der Waals surface area contributed by atoms with E-state index in [4.69, 9.17) is 10.5 Å². The molecule has 1 atom stereocenters. The van der Waals surface area contributed by atoms with Crippen LogP contribution in [0.25, 0.3) is 0 Å². The summed E-state index contributed by atoms with van der Waals surface area (Å²) in [5, 5.41) is 5.84. The van der Waals surface area contributed by atoms with Gasteiger partial charge < -0.3 is 15.8 Å². The highest BCUT2D eigenvalue weighted by Gasteiger charge is 2.36. The zero-order chi connectivity index (χ0) is 13.2. The number of nitrogens with one attached hydrogen (secondary N) is 1. The molecule has 1 saturated heterocycles. The van der Waals surface area contributed by atoms with Gasteiger partial charge in [-0.25, -0.2) is 4.98 Å². The van der Waals surface area contributed by atoms with E-state index in [0.29, 0.717) is 26.1 Å². The number of ether oxygens (including phenoxy) is 1. The molecule has 1 fully saturated rings. The normalized spacial score (nSPS) is 20.4. The molecule has 0 aliphatic carbocycles. The van der Waals surface area contributed by atoms with Gasteiger partial charge in [0.25, 0.3) is 0 Å². The molecule has 0 aromatic carbocycles. The van der Waals surface area contributed by atoms with Crippen LogP contribution in [0.5, 0.6) is 0 Å². The van der Waals surface area contributed by atoms with Crippen LogP contribution < -0.4 is 11.1 Å². The first kappa shape index (κ1) is 13.5. The molecule has 5 nitrogen and oxygen atoms in total. The van der Waals surface area contributed by atoms with Crippen LogP contribution in [0, 0.1) is 6.92 Å². The van der Waals surface area contributed by atoms with Crippen molar-refractivity contribution in [1.29, 1.82) is 0 Å². The lowest BCUT2D eigenvalue weighted by Gasteiger charge is -2.32. The van der Waals surface area contributed by atoms with E-state index < -0.39 is 5.54 Å². The van der Waals surface area contributed by atoms with E-state index in [-0.39, 0.29) is 11.9 Å². The molecule has 1 aliphatic rings. The van der Waals surface area contributed by atoms with Crippen LogP contribution in [0.2, 0.25) is 0 Å². The van der Waals surface area contributed by atoms with Crippen molar-refractivity contribution in [3.63, 3.8) is 0 Å². The van der Waals surface area contributed by atoms with Gasteiger partial charge in [-0.3, -0.25) is 4.79 Å². The van der Waals surface area contributed by atoms with Crippen LogP contribution in [-0.2, 0) is 9.53 Å². The maximum absolute atomic E-state index is 12.2. The van der Waals surface area contributed by atoms with Gasteiger partial charge in [-0.15, -0.1) is 11.3 Å². The minimum Gasteiger partial charge on any atom is -0.381 e. The second kappa shape index (κ2) is 5.34. The quantitative estimate of drug-likeness (QED) is 0.862. The van der Waals surface area contributed by atoms with Gasteiger partial charge in [0.1, 0.15) is 5.01 Å². The summed E-state index contributed by atoms with van der Waals surface area (Å²) < 4.78 is 5.24. The summed E-state index contributed by atoms with van der Waals surface area (Å²) in [6.07, 6.45) is 1.14. The van der Waals surface area contributed by atoms with E-state index >= 15 is 0 Å². The molecular weight excluding hydrogens is 250 g/mol. The van der Waals surface area contributed by atoms with Gasteiger partial charge in [0.15, 0.2) is 0 Å². The minimum atomic E-state index is -0.793. The third-order valence-corrected chi connectivity index (χ3v) is 4.34. The fourth-order valence-electron chi connectivity index (χ4n) is 1.94. The van der Waals surface area contributed by atoms with Crippen LogP contribution in [0.15, 0.2) is 5.38 Å². The Morgan fingerprint density at radius 1 is 1.61 bits per heavy atom. The Morgan fingerprint density at radius 3 is 2.83 bits per heavy atom. The number of nitrogens with two attached hydrogens (primary N) is 1. The zero-order valence-corrected chi connectivity index (χ0v) is 11.5. The first-order chi connectivity index (χ1) is 8.51. The van der Waals surface area contributed by atoms with Crippen LogP contribution in [0.4, 0.5) is 0 Å². The third kappa shape index (κ3) is 2.88. The molecule has 0 saturated carbocycles. The first-order valence-corrected chi connectivity index (χ1v) is 6.99. The molecule has 1 aliphatic heterocycles. The van der Waals surface area contributed by atoms with Gasteiger partial charge in [0.05, 0.1) is 11.6 Å². The Kier molecular flexibility index (Phi) is 3.99.